The van der Waals surface area contributed by atoms with Gasteiger partial charge < -0.3 is 19.4 Å². The number of ether oxygens (including phenoxy) is 1. The summed E-state index contributed by atoms with van der Waals surface area (Å²) in [4.78, 5) is 27.9. The number of hydrogen-bond donors (Lipinski definition) is 1. The van der Waals surface area contributed by atoms with Gasteiger partial charge in [0, 0.05) is 17.6 Å². The molecule has 1 aliphatic rings. The minimum absolute atomic E-state index is 0.00533. The molecule has 1 aromatic heterocycles. The molecule has 0 aliphatic carbocycles. The van der Waals surface area contributed by atoms with Crippen LogP contribution < -0.4 is 10.1 Å². The van der Waals surface area contributed by atoms with E-state index in [1.54, 1.807) is 18.2 Å². The van der Waals surface area contributed by atoms with E-state index in [2.05, 4.69) is 5.32 Å². The Morgan fingerprint density at radius 3 is 2.52 bits per heavy atom. The molecule has 0 spiro atoms. The van der Waals surface area contributed by atoms with Gasteiger partial charge in [-0.05, 0) is 78.6 Å². The molecule has 40 heavy (non-hydrogen) atoms. The minimum Gasteiger partial charge on any atom is -0.486 e. The van der Waals surface area contributed by atoms with E-state index in [1.807, 2.05) is 81.1 Å². The molecule has 0 radical (unpaired) electrons. The number of furan rings is 1. The van der Waals surface area contributed by atoms with Crippen LogP contribution in [-0.4, -0.2) is 23.3 Å². The lowest BCUT2D eigenvalue weighted by atomic mass is 9.85. The van der Waals surface area contributed by atoms with Crippen LogP contribution in [0.2, 0.25) is 0 Å². The number of halogens is 1. The summed E-state index contributed by atoms with van der Waals surface area (Å²) in [5, 5.41) is 2.82. The fraction of sp³-hybridized carbons (Fsp3) is 0.273. The van der Waals surface area contributed by atoms with Crippen LogP contribution in [0.5, 0.6) is 5.75 Å². The molecule has 5 rings (SSSR count). The van der Waals surface area contributed by atoms with E-state index in [1.165, 1.54) is 12.1 Å². The first-order valence-electron chi connectivity index (χ1n) is 13.4. The molecule has 6 nitrogen and oxygen atoms in total. The number of benzene rings is 3. The average Bonchev–Trinajstić information content (AvgIpc) is 3.41. The quantitative estimate of drug-likeness (QED) is 0.284. The van der Waals surface area contributed by atoms with Gasteiger partial charge in [0.15, 0.2) is 5.76 Å². The molecule has 0 unspecified atom stereocenters. The summed E-state index contributed by atoms with van der Waals surface area (Å²) in [5.41, 5.74) is 3.92. The first-order valence-corrected chi connectivity index (χ1v) is 13.4. The standard InChI is InChI=1S/C33H33FN2O4/c1-21-8-11-25(12-9-21)35-31(37)29-15-14-27(40-29)20-39-26-13-10-22-16-17-36(32(38)33(2,3)4)30(28(22)19-26)23-6-5-7-24(34)18-23/h5-15,18-19,30H,16-17,20H2,1-4H3,(H,35,37)/t30-/m0/s1. The van der Waals surface area contributed by atoms with Crippen LogP contribution >= 0.6 is 0 Å². The minimum atomic E-state index is -0.583. The van der Waals surface area contributed by atoms with Crippen molar-refractivity contribution in [2.75, 3.05) is 11.9 Å². The number of nitrogens with one attached hydrogen (secondary N) is 1. The van der Waals surface area contributed by atoms with Gasteiger partial charge in [-0.2, -0.15) is 0 Å². The molecule has 0 fully saturated rings. The highest BCUT2D eigenvalue weighted by Crippen LogP contribution is 2.39. The van der Waals surface area contributed by atoms with E-state index < -0.39 is 11.5 Å². The zero-order chi connectivity index (χ0) is 28.4. The van der Waals surface area contributed by atoms with Gasteiger partial charge in [0.05, 0.1) is 6.04 Å². The van der Waals surface area contributed by atoms with Gasteiger partial charge in [0.1, 0.15) is 23.9 Å². The number of rotatable bonds is 6. The molecule has 2 heterocycles. The second kappa shape index (κ2) is 11.0. The Bertz CT molecular complexity index is 1530. The molecule has 0 bridgehead atoms. The maximum absolute atomic E-state index is 14.3. The van der Waals surface area contributed by atoms with E-state index in [0.717, 1.165) is 16.7 Å². The summed E-state index contributed by atoms with van der Waals surface area (Å²) in [7, 11) is 0. The molecule has 1 aliphatic heterocycles. The third-order valence-electron chi connectivity index (χ3n) is 6.99. The fourth-order valence-electron chi connectivity index (χ4n) is 4.93. The van der Waals surface area contributed by atoms with Crippen molar-refractivity contribution < 1.29 is 23.1 Å². The third kappa shape index (κ3) is 5.93. The van der Waals surface area contributed by atoms with Crippen molar-refractivity contribution in [2.24, 2.45) is 5.41 Å². The number of aryl methyl sites for hydroxylation is 1. The van der Waals surface area contributed by atoms with Crippen molar-refractivity contribution in [2.45, 2.75) is 46.8 Å². The first kappa shape index (κ1) is 27.2. The summed E-state index contributed by atoms with van der Waals surface area (Å²) in [6.45, 7) is 8.33. The van der Waals surface area contributed by atoms with E-state index in [9.17, 15) is 14.0 Å². The topological polar surface area (TPSA) is 71.8 Å². The number of carbonyl (C=O) groups excluding carboxylic acids is 2. The molecular formula is C33H33FN2O4. The molecular weight excluding hydrogens is 507 g/mol. The Labute approximate surface area is 233 Å². The first-order chi connectivity index (χ1) is 19.1. The number of hydrogen-bond acceptors (Lipinski definition) is 4. The number of carbonyl (C=O) groups is 2. The second-order valence-corrected chi connectivity index (χ2v) is 11.2. The van der Waals surface area contributed by atoms with E-state index in [0.29, 0.717) is 35.7 Å². The van der Waals surface area contributed by atoms with E-state index in [-0.39, 0.29) is 30.0 Å². The second-order valence-electron chi connectivity index (χ2n) is 11.2. The van der Waals surface area contributed by atoms with Crippen LogP contribution in [0.4, 0.5) is 10.1 Å². The predicted octanol–water partition coefficient (Wildman–Crippen LogP) is 7.08. The fourth-order valence-corrected chi connectivity index (χ4v) is 4.93. The van der Waals surface area contributed by atoms with Crippen molar-refractivity contribution in [3.8, 4) is 5.75 Å². The van der Waals surface area contributed by atoms with Gasteiger partial charge in [0.2, 0.25) is 5.91 Å². The SMILES string of the molecule is Cc1ccc(NC(=O)c2ccc(COc3ccc4c(c3)[C@H](c3cccc(F)c3)N(C(=O)C(C)(C)C)CC4)o2)cc1. The zero-order valence-electron chi connectivity index (χ0n) is 23.2. The van der Waals surface area contributed by atoms with Crippen LogP contribution in [0.15, 0.2) is 83.3 Å². The molecule has 3 aromatic carbocycles. The summed E-state index contributed by atoms with van der Waals surface area (Å²) < 4.78 is 26.1. The largest absolute Gasteiger partial charge is 0.486 e. The van der Waals surface area contributed by atoms with Gasteiger partial charge in [-0.15, -0.1) is 0 Å². The van der Waals surface area contributed by atoms with Gasteiger partial charge in [0.25, 0.3) is 5.91 Å². The molecule has 2 amide bonds. The van der Waals surface area contributed by atoms with Gasteiger partial charge >= 0.3 is 0 Å². The molecule has 7 heteroatoms. The summed E-state index contributed by atoms with van der Waals surface area (Å²) in [6.07, 6.45) is 0.695. The van der Waals surface area contributed by atoms with Gasteiger partial charge in [-0.3, -0.25) is 9.59 Å². The molecule has 1 N–H and O–H groups in total. The van der Waals surface area contributed by atoms with Crippen LogP contribution in [-0.2, 0) is 17.8 Å². The zero-order valence-corrected chi connectivity index (χ0v) is 23.2. The lowest BCUT2D eigenvalue weighted by Crippen LogP contribution is -2.45. The molecule has 0 saturated heterocycles. The summed E-state index contributed by atoms with van der Waals surface area (Å²) in [5.74, 6) is 0.591. The lowest BCUT2D eigenvalue weighted by Gasteiger charge is -2.41. The van der Waals surface area contributed by atoms with Gasteiger partial charge in [-0.25, -0.2) is 4.39 Å². The molecule has 1 atom stereocenters. The van der Waals surface area contributed by atoms with Crippen LogP contribution in [0.25, 0.3) is 0 Å². The number of amides is 2. The smallest absolute Gasteiger partial charge is 0.291 e. The highest BCUT2D eigenvalue weighted by molar-refractivity contribution is 6.02. The number of anilines is 1. The highest BCUT2D eigenvalue weighted by atomic mass is 19.1. The maximum atomic E-state index is 14.3. The number of nitrogens with zero attached hydrogens (tertiary/aromatic N) is 1. The van der Waals surface area contributed by atoms with Crippen molar-refractivity contribution in [1.29, 1.82) is 0 Å². The molecule has 0 saturated carbocycles. The molecule has 4 aromatic rings. The predicted molar refractivity (Wildman–Crippen MR) is 152 cm³/mol. The van der Waals surface area contributed by atoms with Crippen LogP contribution in [0.3, 0.4) is 0 Å². The van der Waals surface area contributed by atoms with E-state index >= 15 is 0 Å². The monoisotopic (exact) mass is 540 g/mol. The Balaban J connectivity index is 1.35. The lowest BCUT2D eigenvalue weighted by molar-refractivity contribution is -0.141. The third-order valence-corrected chi connectivity index (χ3v) is 6.99. The van der Waals surface area contributed by atoms with Gasteiger partial charge in [-0.1, -0.05) is 56.7 Å². The van der Waals surface area contributed by atoms with Crippen molar-refractivity contribution in [3.63, 3.8) is 0 Å². The Morgan fingerprint density at radius 1 is 1.02 bits per heavy atom. The van der Waals surface area contributed by atoms with Crippen LogP contribution in [0, 0.1) is 18.2 Å². The Hall–Kier alpha value is -4.39. The van der Waals surface area contributed by atoms with E-state index in [4.69, 9.17) is 9.15 Å². The Morgan fingerprint density at radius 2 is 1.80 bits per heavy atom. The Kier molecular flexibility index (Phi) is 7.48. The van der Waals surface area contributed by atoms with Crippen molar-refractivity contribution >= 4 is 17.5 Å². The summed E-state index contributed by atoms with van der Waals surface area (Å²) in [6, 6.07) is 22.6. The maximum Gasteiger partial charge on any atom is 0.291 e. The van der Waals surface area contributed by atoms with Crippen molar-refractivity contribution in [3.05, 3.63) is 118 Å². The average molecular weight is 541 g/mol. The highest BCUT2D eigenvalue weighted by Gasteiger charge is 2.37. The van der Waals surface area contributed by atoms with Crippen molar-refractivity contribution in [1.82, 2.24) is 4.90 Å². The number of fused-ring (bicyclic) bond motifs is 1. The molecule has 206 valence electrons. The normalized spacial score (nSPS) is 14.9. The van der Waals surface area contributed by atoms with Crippen LogP contribution in [0.1, 0.15) is 65.4 Å². The summed E-state index contributed by atoms with van der Waals surface area (Å²) >= 11 is 0.